The fraction of sp³-hybridized carbons (Fsp3) is 0. The van der Waals surface area contributed by atoms with Gasteiger partial charge in [-0.25, -0.2) is 8.78 Å². The highest BCUT2D eigenvalue weighted by Crippen LogP contribution is 2.31. The van der Waals surface area contributed by atoms with E-state index in [0.29, 0.717) is 22.5 Å². The first-order valence-electron chi connectivity index (χ1n) is 4.68. The molecule has 2 aromatic carbocycles. The van der Waals surface area contributed by atoms with Crippen LogP contribution >= 0.6 is 12.4 Å². The summed E-state index contributed by atoms with van der Waals surface area (Å²) in [5.41, 5.74) is 12.9. The van der Waals surface area contributed by atoms with Crippen LogP contribution in [0.1, 0.15) is 0 Å². The fourth-order valence-electron chi connectivity index (χ4n) is 1.52. The summed E-state index contributed by atoms with van der Waals surface area (Å²) in [6.45, 7) is 0. The molecule has 0 saturated heterocycles. The fourth-order valence-corrected chi connectivity index (χ4v) is 1.52. The Balaban J connectivity index is 0.00000144. The van der Waals surface area contributed by atoms with E-state index >= 15 is 0 Å². The molecule has 0 saturated carbocycles. The highest BCUT2D eigenvalue weighted by atomic mass is 35.5. The molecule has 0 bridgehead atoms. The summed E-state index contributed by atoms with van der Waals surface area (Å²) in [6, 6.07) is 7.81. The number of benzene rings is 2. The third kappa shape index (κ3) is 2.65. The molecule has 90 valence electrons. The summed E-state index contributed by atoms with van der Waals surface area (Å²) in [5, 5.41) is 0. The lowest BCUT2D eigenvalue weighted by Gasteiger charge is -2.09. The lowest BCUT2D eigenvalue weighted by molar-refractivity contribution is 0.626. The predicted octanol–water partition coefficient (Wildman–Crippen LogP) is 3.22. The average Bonchev–Trinajstić information content (AvgIpc) is 2.25. The van der Waals surface area contributed by atoms with Gasteiger partial charge in [0.25, 0.3) is 0 Å². The van der Waals surface area contributed by atoms with Gasteiger partial charge in [0.1, 0.15) is 11.6 Å². The van der Waals surface area contributed by atoms with Crippen molar-refractivity contribution in [2.45, 2.75) is 0 Å². The molecule has 2 rings (SSSR count). The van der Waals surface area contributed by atoms with Gasteiger partial charge in [0, 0.05) is 22.5 Å². The molecule has 0 unspecified atom stereocenters. The molecule has 17 heavy (non-hydrogen) atoms. The van der Waals surface area contributed by atoms with E-state index in [0.717, 1.165) is 0 Å². The largest absolute Gasteiger partial charge is 0.398 e. The van der Waals surface area contributed by atoms with E-state index in [1.807, 2.05) is 0 Å². The summed E-state index contributed by atoms with van der Waals surface area (Å²) >= 11 is 0. The monoisotopic (exact) mass is 256 g/mol. The highest BCUT2D eigenvalue weighted by Gasteiger charge is 2.08. The summed E-state index contributed by atoms with van der Waals surface area (Å²) in [6.07, 6.45) is 0. The quantitative estimate of drug-likeness (QED) is 0.770. The molecular weight excluding hydrogens is 246 g/mol. The predicted molar refractivity (Wildman–Crippen MR) is 67.9 cm³/mol. The minimum absolute atomic E-state index is 0. The average molecular weight is 257 g/mol. The summed E-state index contributed by atoms with van der Waals surface area (Å²) in [7, 11) is 0. The zero-order valence-electron chi connectivity index (χ0n) is 8.78. The van der Waals surface area contributed by atoms with Gasteiger partial charge in [0.05, 0.1) is 0 Å². The van der Waals surface area contributed by atoms with Gasteiger partial charge < -0.3 is 11.5 Å². The van der Waals surface area contributed by atoms with Crippen molar-refractivity contribution in [1.29, 1.82) is 0 Å². The Kier molecular flexibility index (Phi) is 3.91. The Labute approximate surface area is 104 Å². The summed E-state index contributed by atoms with van der Waals surface area (Å²) in [4.78, 5) is 0. The van der Waals surface area contributed by atoms with Gasteiger partial charge in [0.15, 0.2) is 0 Å². The normalized spacial score (nSPS) is 9.76. The molecular formula is C12H11ClF2N2. The lowest BCUT2D eigenvalue weighted by atomic mass is 10.0. The third-order valence-corrected chi connectivity index (χ3v) is 2.32. The van der Waals surface area contributed by atoms with Crippen molar-refractivity contribution < 1.29 is 8.78 Å². The smallest absolute Gasteiger partial charge is 0.123 e. The molecule has 0 aromatic heterocycles. The van der Waals surface area contributed by atoms with Crippen LogP contribution in [0.4, 0.5) is 20.2 Å². The van der Waals surface area contributed by atoms with E-state index in [-0.39, 0.29) is 12.4 Å². The highest BCUT2D eigenvalue weighted by molar-refractivity contribution is 5.85. The van der Waals surface area contributed by atoms with Crippen LogP contribution in [0.2, 0.25) is 0 Å². The van der Waals surface area contributed by atoms with Crippen molar-refractivity contribution >= 4 is 23.8 Å². The standard InChI is InChI=1S/C12H10F2N2.ClH/c13-7-1-3-11(15)9(5-7)10-6-8(14)2-4-12(10)16;/h1-6H,15-16H2;1H. The molecule has 0 amide bonds. The molecule has 0 aliphatic heterocycles. The maximum atomic E-state index is 13.1. The van der Waals surface area contributed by atoms with Gasteiger partial charge in [-0.05, 0) is 36.4 Å². The second kappa shape index (κ2) is 5.01. The zero-order chi connectivity index (χ0) is 11.7. The van der Waals surface area contributed by atoms with Crippen LogP contribution in [0.15, 0.2) is 36.4 Å². The number of anilines is 2. The van der Waals surface area contributed by atoms with E-state index in [4.69, 9.17) is 11.5 Å². The SMILES string of the molecule is Cl.Nc1ccc(F)cc1-c1cc(F)ccc1N. The second-order valence-corrected chi connectivity index (χ2v) is 3.46. The van der Waals surface area contributed by atoms with Crippen LogP contribution in [0.3, 0.4) is 0 Å². The topological polar surface area (TPSA) is 52.0 Å². The molecule has 4 N–H and O–H groups in total. The molecule has 0 heterocycles. The maximum Gasteiger partial charge on any atom is 0.123 e. The van der Waals surface area contributed by atoms with Crippen molar-refractivity contribution in [3.8, 4) is 11.1 Å². The Bertz CT molecular complexity index is 495. The molecule has 5 heteroatoms. The Morgan fingerprint density at radius 2 is 1.06 bits per heavy atom. The van der Waals surface area contributed by atoms with Crippen LogP contribution < -0.4 is 11.5 Å². The third-order valence-electron chi connectivity index (χ3n) is 2.32. The van der Waals surface area contributed by atoms with E-state index in [2.05, 4.69) is 0 Å². The van der Waals surface area contributed by atoms with E-state index < -0.39 is 11.6 Å². The van der Waals surface area contributed by atoms with E-state index in [9.17, 15) is 8.78 Å². The van der Waals surface area contributed by atoms with Crippen LogP contribution in [0, 0.1) is 11.6 Å². The van der Waals surface area contributed by atoms with Gasteiger partial charge in [-0.15, -0.1) is 12.4 Å². The second-order valence-electron chi connectivity index (χ2n) is 3.46. The van der Waals surface area contributed by atoms with Gasteiger partial charge in [-0.2, -0.15) is 0 Å². The molecule has 0 spiro atoms. The Morgan fingerprint density at radius 3 is 1.41 bits per heavy atom. The summed E-state index contributed by atoms with van der Waals surface area (Å²) < 4.78 is 26.1. The number of nitrogen functional groups attached to an aromatic ring is 2. The van der Waals surface area contributed by atoms with E-state index in [1.54, 1.807) is 0 Å². The molecule has 0 fully saturated rings. The first kappa shape index (κ1) is 13.3. The van der Waals surface area contributed by atoms with E-state index in [1.165, 1.54) is 36.4 Å². The molecule has 0 radical (unpaired) electrons. The van der Waals surface area contributed by atoms with Crippen LogP contribution in [0.25, 0.3) is 11.1 Å². The maximum absolute atomic E-state index is 13.1. The molecule has 2 nitrogen and oxygen atoms in total. The van der Waals surface area contributed by atoms with Crippen LogP contribution in [0.5, 0.6) is 0 Å². The number of nitrogens with two attached hydrogens (primary N) is 2. The van der Waals surface area contributed by atoms with Gasteiger partial charge >= 0.3 is 0 Å². The minimum Gasteiger partial charge on any atom is -0.398 e. The number of hydrogen-bond donors (Lipinski definition) is 2. The van der Waals surface area contributed by atoms with Gasteiger partial charge in [-0.1, -0.05) is 0 Å². The zero-order valence-corrected chi connectivity index (χ0v) is 9.60. The van der Waals surface area contributed by atoms with Crippen molar-refractivity contribution in [1.82, 2.24) is 0 Å². The van der Waals surface area contributed by atoms with Crippen molar-refractivity contribution in [3.05, 3.63) is 48.0 Å². The van der Waals surface area contributed by atoms with Crippen molar-refractivity contribution in [2.24, 2.45) is 0 Å². The Morgan fingerprint density at radius 1 is 0.706 bits per heavy atom. The van der Waals surface area contributed by atoms with Gasteiger partial charge in [0.2, 0.25) is 0 Å². The minimum atomic E-state index is -0.437. The molecule has 2 aromatic rings. The van der Waals surface area contributed by atoms with Crippen molar-refractivity contribution in [3.63, 3.8) is 0 Å². The van der Waals surface area contributed by atoms with Crippen LogP contribution in [-0.2, 0) is 0 Å². The number of halogens is 3. The van der Waals surface area contributed by atoms with Crippen LogP contribution in [-0.4, -0.2) is 0 Å². The van der Waals surface area contributed by atoms with Gasteiger partial charge in [-0.3, -0.25) is 0 Å². The Hall–Kier alpha value is -1.81. The van der Waals surface area contributed by atoms with Crippen molar-refractivity contribution in [2.75, 3.05) is 11.5 Å². The number of hydrogen-bond acceptors (Lipinski definition) is 2. The first-order chi connectivity index (χ1) is 7.58. The molecule has 0 atom stereocenters. The summed E-state index contributed by atoms with van der Waals surface area (Å²) in [5.74, 6) is -0.874. The molecule has 0 aliphatic rings. The number of rotatable bonds is 1. The lowest BCUT2D eigenvalue weighted by Crippen LogP contribution is -1.96. The first-order valence-corrected chi connectivity index (χ1v) is 4.68. The molecule has 0 aliphatic carbocycles.